The van der Waals surface area contributed by atoms with E-state index in [2.05, 4.69) is 14.9 Å². The van der Waals surface area contributed by atoms with E-state index in [-0.39, 0.29) is 24.5 Å². The Balaban J connectivity index is 1.59. The molecular weight excluding hydrogens is 449 g/mol. The van der Waals surface area contributed by atoms with Gasteiger partial charge in [-0.2, -0.15) is 18.3 Å². The van der Waals surface area contributed by atoms with Gasteiger partial charge in [0.2, 0.25) is 0 Å². The first-order valence-corrected chi connectivity index (χ1v) is 10.8. The number of rotatable bonds is 5. The third-order valence-electron chi connectivity index (χ3n) is 5.00. The zero-order valence-corrected chi connectivity index (χ0v) is 17.4. The number of halogens is 3. The Hall–Kier alpha value is -3.54. The number of fused-ring (bicyclic) bond motifs is 1. The average Bonchev–Trinajstić information content (AvgIpc) is 3.16. The van der Waals surface area contributed by atoms with Crippen LogP contribution in [0.15, 0.2) is 53.4 Å². The molecule has 0 unspecified atom stereocenters. The van der Waals surface area contributed by atoms with Crippen LogP contribution >= 0.6 is 0 Å². The molecule has 1 aliphatic rings. The standard InChI is InChI=1S/C20H17F3N4O4S/c1-31-14-7-5-13(6-8-14)27-10-9-16-17(19(27)28)24-25-18(16)26-32(29,30)15-4-2-3-12(11-15)20(21,22)23/h2-8,11H,9-10H2,1H3,(H2,24,25,26). The van der Waals surface area contributed by atoms with Crippen molar-refractivity contribution >= 4 is 27.4 Å². The van der Waals surface area contributed by atoms with Crippen LogP contribution in [0.4, 0.5) is 24.7 Å². The molecule has 0 fully saturated rings. The van der Waals surface area contributed by atoms with Crippen molar-refractivity contribution in [1.29, 1.82) is 0 Å². The van der Waals surface area contributed by atoms with Gasteiger partial charge in [0.05, 0.1) is 17.6 Å². The molecule has 12 heteroatoms. The Morgan fingerprint density at radius 1 is 1.16 bits per heavy atom. The van der Waals surface area contributed by atoms with E-state index in [9.17, 15) is 26.4 Å². The number of methoxy groups -OCH3 is 1. The van der Waals surface area contributed by atoms with Gasteiger partial charge in [-0.1, -0.05) is 6.07 Å². The van der Waals surface area contributed by atoms with E-state index >= 15 is 0 Å². The van der Waals surface area contributed by atoms with E-state index in [0.717, 1.165) is 18.2 Å². The number of carbonyl (C=O) groups excluding carboxylic acids is 1. The van der Waals surface area contributed by atoms with Gasteiger partial charge in [0.1, 0.15) is 11.4 Å². The van der Waals surface area contributed by atoms with Gasteiger partial charge in [0, 0.05) is 17.8 Å². The number of benzene rings is 2. The van der Waals surface area contributed by atoms with Gasteiger partial charge in [-0.05, 0) is 48.9 Å². The fourth-order valence-corrected chi connectivity index (χ4v) is 4.45. The van der Waals surface area contributed by atoms with Crippen molar-refractivity contribution in [2.24, 2.45) is 0 Å². The quantitative estimate of drug-likeness (QED) is 0.600. The first kappa shape index (κ1) is 21.7. The summed E-state index contributed by atoms with van der Waals surface area (Å²) in [4.78, 5) is 13.8. The molecule has 32 heavy (non-hydrogen) atoms. The molecule has 1 aliphatic heterocycles. The molecule has 0 radical (unpaired) electrons. The highest BCUT2D eigenvalue weighted by Crippen LogP contribution is 2.32. The maximum atomic E-state index is 12.9. The van der Waals surface area contributed by atoms with E-state index in [4.69, 9.17) is 4.74 Å². The molecule has 1 amide bonds. The molecule has 2 aromatic carbocycles. The number of sulfonamides is 1. The Morgan fingerprint density at radius 3 is 2.53 bits per heavy atom. The van der Waals surface area contributed by atoms with Gasteiger partial charge >= 0.3 is 6.18 Å². The number of hydrogen-bond donors (Lipinski definition) is 2. The van der Waals surface area contributed by atoms with E-state index < -0.39 is 32.6 Å². The first-order valence-electron chi connectivity index (χ1n) is 9.33. The second kappa shape index (κ2) is 7.86. The number of aromatic nitrogens is 2. The highest BCUT2D eigenvalue weighted by Gasteiger charge is 2.33. The van der Waals surface area contributed by atoms with Crippen LogP contribution in [-0.2, 0) is 22.6 Å². The third-order valence-corrected chi connectivity index (χ3v) is 6.33. The largest absolute Gasteiger partial charge is 0.497 e. The molecule has 0 spiro atoms. The Morgan fingerprint density at radius 2 is 1.88 bits per heavy atom. The number of carbonyl (C=O) groups is 1. The SMILES string of the molecule is COc1ccc(N2CCc3c(NS(=O)(=O)c4cccc(C(F)(F)F)c4)n[nH]c3C2=O)cc1. The van der Waals surface area contributed by atoms with Gasteiger partial charge in [-0.3, -0.25) is 14.6 Å². The van der Waals surface area contributed by atoms with Crippen molar-refractivity contribution in [2.75, 3.05) is 23.3 Å². The summed E-state index contributed by atoms with van der Waals surface area (Å²) in [5, 5.41) is 6.42. The Labute approximate surface area is 181 Å². The van der Waals surface area contributed by atoms with Gasteiger partial charge in [0.25, 0.3) is 15.9 Å². The highest BCUT2D eigenvalue weighted by molar-refractivity contribution is 7.92. The number of aromatic amines is 1. The fourth-order valence-electron chi connectivity index (χ4n) is 3.36. The van der Waals surface area contributed by atoms with Crippen molar-refractivity contribution < 1.29 is 31.1 Å². The minimum atomic E-state index is -4.69. The molecule has 8 nitrogen and oxygen atoms in total. The first-order chi connectivity index (χ1) is 15.1. The average molecular weight is 466 g/mol. The monoisotopic (exact) mass is 466 g/mol. The van der Waals surface area contributed by atoms with Gasteiger partial charge in [-0.25, -0.2) is 8.42 Å². The summed E-state index contributed by atoms with van der Waals surface area (Å²) in [5.41, 5.74) is -0.0130. The Bertz CT molecular complexity index is 1270. The second-order valence-electron chi connectivity index (χ2n) is 6.96. The lowest BCUT2D eigenvalue weighted by atomic mass is 10.1. The lowest BCUT2D eigenvalue weighted by Crippen LogP contribution is -2.37. The molecule has 0 bridgehead atoms. The molecule has 3 aromatic rings. The number of anilines is 2. The van der Waals surface area contributed by atoms with E-state index in [1.807, 2.05) is 0 Å². The number of alkyl halides is 3. The molecule has 4 rings (SSSR count). The molecular formula is C20H17F3N4O4S. The van der Waals surface area contributed by atoms with Crippen LogP contribution in [-0.4, -0.2) is 38.2 Å². The van der Waals surface area contributed by atoms with Crippen molar-refractivity contribution in [2.45, 2.75) is 17.5 Å². The van der Waals surface area contributed by atoms with Crippen molar-refractivity contribution in [3.05, 3.63) is 65.4 Å². The fraction of sp³-hybridized carbons (Fsp3) is 0.200. The van der Waals surface area contributed by atoms with Crippen LogP contribution in [0.1, 0.15) is 21.6 Å². The van der Waals surface area contributed by atoms with Gasteiger partial charge < -0.3 is 9.64 Å². The zero-order valence-electron chi connectivity index (χ0n) is 16.6. The summed E-state index contributed by atoms with van der Waals surface area (Å²) in [5.74, 6) is 0.0975. The maximum Gasteiger partial charge on any atom is 0.416 e. The summed E-state index contributed by atoms with van der Waals surface area (Å²) in [6.07, 6.45) is -4.40. The second-order valence-corrected chi connectivity index (χ2v) is 8.64. The summed E-state index contributed by atoms with van der Waals surface area (Å²) < 4.78 is 71.4. The van der Waals surface area contributed by atoms with Crippen LogP contribution in [0.2, 0.25) is 0 Å². The number of nitrogens with one attached hydrogen (secondary N) is 2. The van der Waals surface area contributed by atoms with Crippen LogP contribution in [0.5, 0.6) is 5.75 Å². The summed E-state index contributed by atoms with van der Waals surface area (Å²) in [7, 11) is -2.83. The van der Waals surface area contributed by atoms with E-state index in [0.29, 0.717) is 23.1 Å². The minimum absolute atomic E-state index is 0.105. The smallest absolute Gasteiger partial charge is 0.416 e. The summed E-state index contributed by atoms with van der Waals surface area (Å²) in [6, 6.07) is 10.2. The normalized spacial score (nSPS) is 14.2. The third kappa shape index (κ3) is 4.00. The Kier molecular flexibility index (Phi) is 5.33. The predicted octanol–water partition coefficient (Wildman–Crippen LogP) is 3.44. The van der Waals surface area contributed by atoms with Crippen LogP contribution in [0, 0.1) is 0 Å². The van der Waals surface area contributed by atoms with Gasteiger partial charge in [0.15, 0.2) is 5.82 Å². The van der Waals surface area contributed by atoms with Crippen LogP contribution in [0.25, 0.3) is 0 Å². The molecule has 2 N–H and O–H groups in total. The van der Waals surface area contributed by atoms with Gasteiger partial charge in [-0.15, -0.1) is 0 Å². The lowest BCUT2D eigenvalue weighted by molar-refractivity contribution is -0.137. The van der Waals surface area contributed by atoms with E-state index in [1.54, 1.807) is 24.3 Å². The topological polar surface area (TPSA) is 104 Å². The number of nitrogens with zero attached hydrogens (tertiary/aromatic N) is 2. The summed E-state index contributed by atoms with van der Waals surface area (Å²) >= 11 is 0. The molecule has 0 saturated carbocycles. The van der Waals surface area contributed by atoms with Crippen molar-refractivity contribution in [1.82, 2.24) is 10.2 Å². The highest BCUT2D eigenvalue weighted by atomic mass is 32.2. The number of hydrogen-bond acceptors (Lipinski definition) is 5. The van der Waals surface area contributed by atoms with E-state index in [1.165, 1.54) is 12.0 Å². The molecule has 0 saturated heterocycles. The molecule has 0 aliphatic carbocycles. The number of ether oxygens (including phenoxy) is 1. The molecule has 0 atom stereocenters. The maximum absolute atomic E-state index is 12.9. The van der Waals surface area contributed by atoms with Crippen LogP contribution in [0.3, 0.4) is 0 Å². The lowest BCUT2D eigenvalue weighted by Gasteiger charge is -2.26. The molecule has 1 aromatic heterocycles. The molecule has 168 valence electrons. The minimum Gasteiger partial charge on any atom is -0.497 e. The number of amides is 1. The van der Waals surface area contributed by atoms with Crippen molar-refractivity contribution in [3.63, 3.8) is 0 Å². The van der Waals surface area contributed by atoms with Crippen LogP contribution < -0.4 is 14.4 Å². The zero-order chi connectivity index (χ0) is 23.1. The predicted molar refractivity (Wildman–Crippen MR) is 109 cm³/mol. The number of H-pyrrole nitrogens is 1. The van der Waals surface area contributed by atoms with Crippen molar-refractivity contribution in [3.8, 4) is 5.75 Å². The molecule has 2 heterocycles. The summed E-state index contributed by atoms with van der Waals surface area (Å²) in [6.45, 7) is 0.260.